The number of hydrogen-bond donors (Lipinski definition) is 1. The molecule has 0 aliphatic carbocycles. The van der Waals surface area contributed by atoms with Gasteiger partial charge in [-0.15, -0.1) is 12.4 Å². The minimum atomic E-state index is 0. The Morgan fingerprint density at radius 2 is 2.23 bits per heavy atom. The molecule has 0 unspecified atom stereocenters. The Kier molecular flexibility index (Phi) is 3.96. The Bertz CT molecular complexity index is 263. The van der Waals surface area contributed by atoms with Crippen LogP contribution in [0, 0.1) is 0 Å². The van der Waals surface area contributed by atoms with Gasteiger partial charge in [0.15, 0.2) is 0 Å². The van der Waals surface area contributed by atoms with Gasteiger partial charge >= 0.3 is 0 Å². The van der Waals surface area contributed by atoms with E-state index in [0.29, 0.717) is 6.10 Å². The van der Waals surface area contributed by atoms with Crippen molar-refractivity contribution in [2.24, 2.45) is 0 Å². The van der Waals surface area contributed by atoms with E-state index in [-0.39, 0.29) is 12.4 Å². The summed E-state index contributed by atoms with van der Waals surface area (Å²) in [5.41, 5.74) is 0. The zero-order chi connectivity index (χ0) is 8.39. The van der Waals surface area contributed by atoms with Crippen molar-refractivity contribution in [3.63, 3.8) is 0 Å². The van der Waals surface area contributed by atoms with Crippen LogP contribution in [0.3, 0.4) is 0 Å². The van der Waals surface area contributed by atoms with Crippen LogP contribution >= 0.6 is 28.3 Å². The summed E-state index contributed by atoms with van der Waals surface area (Å²) in [6.07, 6.45) is 2.05. The van der Waals surface area contributed by atoms with Gasteiger partial charge in [-0.05, 0) is 28.1 Å². The standard InChI is InChI=1S/C8H9BrN2O.ClH/c9-8-2-1-6(5-11-8)12-7-3-10-4-7;/h1-2,5,7,10H,3-4H2;1H. The van der Waals surface area contributed by atoms with E-state index in [0.717, 1.165) is 23.4 Å². The maximum Gasteiger partial charge on any atom is 0.138 e. The number of pyridine rings is 1. The average molecular weight is 266 g/mol. The van der Waals surface area contributed by atoms with Gasteiger partial charge in [0.05, 0.1) is 6.20 Å². The Morgan fingerprint density at radius 3 is 2.69 bits per heavy atom. The van der Waals surface area contributed by atoms with Crippen LogP contribution in [-0.2, 0) is 0 Å². The highest BCUT2D eigenvalue weighted by molar-refractivity contribution is 9.10. The molecule has 2 rings (SSSR count). The summed E-state index contributed by atoms with van der Waals surface area (Å²) in [6.45, 7) is 1.88. The molecule has 1 aromatic heterocycles. The van der Waals surface area contributed by atoms with Crippen LogP contribution in [0.2, 0.25) is 0 Å². The van der Waals surface area contributed by atoms with Gasteiger partial charge in [0.1, 0.15) is 16.5 Å². The van der Waals surface area contributed by atoms with Crippen molar-refractivity contribution in [3.8, 4) is 5.75 Å². The molecule has 1 N–H and O–H groups in total. The van der Waals surface area contributed by atoms with Gasteiger partial charge in [-0.3, -0.25) is 0 Å². The lowest BCUT2D eigenvalue weighted by atomic mass is 10.2. The second-order valence-electron chi connectivity index (χ2n) is 2.71. The Balaban J connectivity index is 0.000000845. The van der Waals surface area contributed by atoms with Gasteiger partial charge in [-0.1, -0.05) is 0 Å². The highest BCUT2D eigenvalue weighted by Crippen LogP contribution is 2.15. The van der Waals surface area contributed by atoms with Gasteiger partial charge in [0.2, 0.25) is 0 Å². The summed E-state index contributed by atoms with van der Waals surface area (Å²) in [5.74, 6) is 0.838. The maximum absolute atomic E-state index is 5.56. The third kappa shape index (κ3) is 2.83. The van der Waals surface area contributed by atoms with Crippen LogP contribution in [-0.4, -0.2) is 24.2 Å². The fraction of sp³-hybridized carbons (Fsp3) is 0.375. The van der Waals surface area contributed by atoms with Crippen LogP contribution in [0.4, 0.5) is 0 Å². The number of halogens is 2. The van der Waals surface area contributed by atoms with Crippen LogP contribution in [0.5, 0.6) is 5.75 Å². The first-order chi connectivity index (χ1) is 5.84. The van der Waals surface area contributed by atoms with Crippen LogP contribution in [0.25, 0.3) is 0 Å². The molecule has 1 aliphatic heterocycles. The summed E-state index contributed by atoms with van der Waals surface area (Å²) >= 11 is 3.26. The second kappa shape index (κ2) is 4.79. The molecular formula is C8H10BrClN2O. The molecule has 1 saturated heterocycles. The summed E-state index contributed by atoms with van der Waals surface area (Å²) in [4.78, 5) is 4.06. The number of rotatable bonds is 2. The van der Waals surface area contributed by atoms with Crippen molar-refractivity contribution in [3.05, 3.63) is 22.9 Å². The van der Waals surface area contributed by atoms with Crippen molar-refractivity contribution in [2.45, 2.75) is 6.10 Å². The number of nitrogens with zero attached hydrogens (tertiary/aromatic N) is 1. The van der Waals surface area contributed by atoms with Gasteiger partial charge in [-0.25, -0.2) is 4.98 Å². The van der Waals surface area contributed by atoms with Crippen molar-refractivity contribution >= 4 is 28.3 Å². The minimum absolute atomic E-state index is 0. The van der Waals surface area contributed by atoms with Crippen LogP contribution in [0.15, 0.2) is 22.9 Å². The van der Waals surface area contributed by atoms with E-state index in [4.69, 9.17) is 4.74 Å². The molecule has 0 atom stereocenters. The molecule has 1 aliphatic rings. The molecule has 72 valence electrons. The van der Waals surface area contributed by atoms with Crippen molar-refractivity contribution < 1.29 is 4.74 Å². The SMILES string of the molecule is Brc1ccc(OC2CNC2)cn1.Cl. The Hall–Kier alpha value is -0.320. The first kappa shape index (κ1) is 10.8. The summed E-state index contributed by atoms with van der Waals surface area (Å²) in [7, 11) is 0. The molecule has 13 heavy (non-hydrogen) atoms. The van der Waals surface area contributed by atoms with Crippen molar-refractivity contribution in [1.29, 1.82) is 0 Å². The maximum atomic E-state index is 5.56. The van der Waals surface area contributed by atoms with E-state index >= 15 is 0 Å². The molecule has 5 heteroatoms. The number of ether oxygens (including phenoxy) is 1. The number of aromatic nitrogens is 1. The normalized spacial score (nSPS) is 15.8. The zero-order valence-electron chi connectivity index (χ0n) is 6.87. The fourth-order valence-corrected chi connectivity index (χ4v) is 1.20. The summed E-state index contributed by atoms with van der Waals surface area (Å²) in [6, 6.07) is 3.79. The molecule has 1 aromatic rings. The van der Waals surface area contributed by atoms with E-state index in [9.17, 15) is 0 Å². The van der Waals surface area contributed by atoms with E-state index in [1.54, 1.807) is 6.20 Å². The molecule has 0 bridgehead atoms. The van der Waals surface area contributed by atoms with Crippen molar-refractivity contribution in [1.82, 2.24) is 10.3 Å². The predicted octanol–water partition coefficient (Wildman–Crippen LogP) is 1.62. The zero-order valence-corrected chi connectivity index (χ0v) is 9.27. The number of hydrogen-bond acceptors (Lipinski definition) is 3. The van der Waals surface area contributed by atoms with E-state index in [1.165, 1.54) is 0 Å². The van der Waals surface area contributed by atoms with Gasteiger partial charge in [-0.2, -0.15) is 0 Å². The lowest BCUT2D eigenvalue weighted by molar-refractivity contribution is 0.141. The topological polar surface area (TPSA) is 34.1 Å². The first-order valence-electron chi connectivity index (χ1n) is 3.83. The third-order valence-corrected chi connectivity index (χ3v) is 2.22. The molecule has 0 radical (unpaired) electrons. The lowest BCUT2D eigenvalue weighted by Gasteiger charge is -2.27. The van der Waals surface area contributed by atoms with E-state index in [2.05, 4.69) is 26.2 Å². The number of nitrogens with one attached hydrogen (secondary N) is 1. The Morgan fingerprint density at radius 1 is 1.46 bits per heavy atom. The molecule has 1 fully saturated rings. The Labute approximate surface area is 91.4 Å². The van der Waals surface area contributed by atoms with Gasteiger partial charge < -0.3 is 10.1 Å². The second-order valence-corrected chi connectivity index (χ2v) is 3.53. The van der Waals surface area contributed by atoms with Crippen LogP contribution in [0.1, 0.15) is 0 Å². The lowest BCUT2D eigenvalue weighted by Crippen LogP contribution is -2.50. The minimum Gasteiger partial charge on any atom is -0.486 e. The van der Waals surface area contributed by atoms with E-state index < -0.39 is 0 Å². The monoisotopic (exact) mass is 264 g/mol. The highest BCUT2D eigenvalue weighted by atomic mass is 79.9. The molecule has 3 nitrogen and oxygen atoms in total. The van der Waals surface area contributed by atoms with E-state index in [1.807, 2.05) is 12.1 Å². The first-order valence-corrected chi connectivity index (χ1v) is 4.63. The third-order valence-electron chi connectivity index (χ3n) is 1.75. The van der Waals surface area contributed by atoms with Crippen molar-refractivity contribution in [2.75, 3.05) is 13.1 Å². The quantitative estimate of drug-likeness (QED) is 0.825. The summed E-state index contributed by atoms with van der Waals surface area (Å²) in [5, 5.41) is 3.14. The fourth-order valence-electron chi connectivity index (χ4n) is 0.970. The molecule has 0 spiro atoms. The smallest absolute Gasteiger partial charge is 0.138 e. The highest BCUT2D eigenvalue weighted by Gasteiger charge is 2.17. The largest absolute Gasteiger partial charge is 0.486 e. The molecule has 0 aromatic carbocycles. The molecule has 0 saturated carbocycles. The summed E-state index contributed by atoms with van der Waals surface area (Å²) < 4.78 is 6.39. The average Bonchev–Trinajstić information content (AvgIpc) is 2.00. The van der Waals surface area contributed by atoms with Crippen LogP contribution < -0.4 is 10.1 Å². The molecular weight excluding hydrogens is 255 g/mol. The van der Waals surface area contributed by atoms with Gasteiger partial charge in [0.25, 0.3) is 0 Å². The predicted molar refractivity (Wildman–Crippen MR) is 56.5 cm³/mol. The van der Waals surface area contributed by atoms with Gasteiger partial charge in [0, 0.05) is 13.1 Å². The molecule has 0 amide bonds. The molecule has 2 heterocycles.